The largest absolute Gasteiger partial charge is 0.342 e. The van der Waals surface area contributed by atoms with Crippen molar-refractivity contribution >= 4 is 17.5 Å². The molecule has 0 unspecified atom stereocenters. The molecule has 110 valence electrons. The molecule has 2 atom stereocenters. The van der Waals surface area contributed by atoms with Crippen LogP contribution in [0.3, 0.4) is 0 Å². The van der Waals surface area contributed by atoms with Crippen LogP contribution in [-0.2, 0) is 9.59 Å². The summed E-state index contributed by atoms with van der Waals surface area (Å²) in [6, 6.07) is 9.84. The van der Waals surface area contributed by atoms with Gasteiger partial charge in [0.05, 0.1) is 5.92 Å². The van der Waals surface area contributed by atoms with Crippen molar-refractivity contribution in [1.29, 1.82) is 0 Å². The standard InChI is InChI=1S/C17H20N2O2/c20-16(8-12-6-7-12)18-9-13-10-19(17(21)15(13)11-18)14-4-2-1-3-5-14/h1-5,12-13,15H,6-11H2/t13-,15-/m1/s1. The van der Waals surface area contributed by atoms with Gasteiger partial charge < -0.3 is 9.80 Å². The first-order chi connectivity index (χ1) is 10.2. The van der Waals surface area contributed by atoms with Gasteiger partial charge in [-0.05, 0) is 30.9 Å². The third-order valence-corrected chi connectivity index (χ3v) is 5.02. The second-order valence-electron chi connectivity index (χ2n) is 6.60. The van der Waals surface area contributed by atoms with E-state index in [2.05, 4.69) is 0 Å². The van der Waals surface area contributed by atoms with Gasteiger partial charge in [-0.25, -0.2) is 0 Å². The number of anilines is 1. The van der Waals surface area contributed by atoms with E-state index in [4.69, 9.17) is 0 Å². The zero-order valence-corrected chi connectivity index (χ0v) is 12.1. The molecule has 0 N–H and O–H groups in total. The molecule has 1 aromatic carbocycles. The third-order valence-electron chi connectivity index (χ3n) is 5.02. The minimum Gasteiger partial charge on any atom is -0.342 e. The third kappa shape index (κ3) is 2.33. The number of nitrogens with zero attached hydrogens (tertiary/aromatic N) is 2. The van der Waals surface area contributed by atoms with Gasteiger partial charge in [0.2, 0.25) is 11.8 Å². The average Bonchev–Trinajstić information content (AvgIpc) is 3.12. The lowest BCUT2D eigenvalue weighted by atomic mass is 10.0. The van der Waals surface area contributed by atoms with E-state index in [0.717, 1.165) is 18.8 Å². The Labute approximate surface area is 124 Å². The first-order valence-electron chi connectivity index (χ1n) is 7.86. The highest BCUT2D eigenvalue weighted by molar-refractivity contribution is 5.98. The highest BCUT2D eigenvalue weighted by Gasteiger charge is 2.47. The first kappa shape index (κ1) is 12.9. The molecule has 0 bridgehead atoms. The molecule has 21 heavy (non-hydrogen) atoms. The molecule has 0 radical (unpaired) electrons. The van der Waals surface area contributed by atoms with Crippen LogP contribution in [0.4, 0.5) is 5.69 Å². The van der Waals surface area contributed by atoms with E-state index in [9.17, 15) is 9.59 Å². The monoisotopic (exact) mass is 284 g/mol. The van der Waals surface area contributed by atoms with E-state index in [0.29, 0.717) is 24.8 Å². The minimum absolute atomic E-state index is 0.00774. The Bertz CT molecular complexity index is 567. The molecule has 2 saturated heterocycles. The quantitative estimate of drug-likeness (QED) is 0.850. The number of rotatable bonds is 3. The molecule has 3 fully saturated rings. The van der Waals surface area contributed by atoms with Gasteiger partial charge in [-0.2, -0.15) is 0 Å². The van der Waals surface area contributed by atoms with Crippen LogP contribution < -0.4 is 4.90 Å². The number of amides is 2. The van der Waals surface area contributed by atoms with Crippen molar-refractivity contribution in [2.24, 2.45) is 17.8 Å². The lowest BCUT2D eigenvalue weighted by molar-refractivity contribution is -0.131. The van der Waals surface area contributed by atoms with E-state index < -0.39 is 0 Å². The Morgan fingerprint density at radius 3 is 2.52 bits per heavy atom. The van der Waals surface area contributed by atoms with Crippen molar-refractivity contribution < 1.29 is 9.59 Å². The van der Waals surface area contributed by atoms with E-state index in [1.54, 1.807) is 0 Å². The van der Waals surface area contributed by atoms with Gasteiger partial charge in [0.1, 0.15) is 0 Å². The summed E-state index contributed by atoms with van der Waals surface area (Å²) < 4.78 is 0. The molecule has 1 aromatic rings. The predicted octanol–water partition coefficient (Wildman–Crippen LogP) is 1.91. The van der Waals surface area contributed by atoms with Crippen LogP contribution in [0.2, 0.25) is 0 Å². The summed E-state index contributed by atoms with van der Waals surface area (Å²) in [5.74, 6) is 1.38. The molecule has 3 aliphatic rings. The highest BCUT2D eigenvalue weighted by Crippen LogP contribution is 2.37. The summed E-state index contributed by atoms with van der Waals surface area (Å²) in [6.45, 7) is 2.13. The number of benzene rings is 1. The molecular weight excluding hydrogens is 264 g/mol. The van der Waals surface area contributed by atoms with E-state index in [1.165, 1.54) is 12.8 Å². The maximum Gasteiger partial charge on any atom is 0.232 e. The van der Waals surface area contributed by atoms with Gasteiger partial charge in [-0.15, -0.1) is 0 Å². The summed E-state index contributed by atoms with van der Waals surface area (Å²) in [4.78, 5) is 28.6. The normalized spacial score (nSPS) is 28.1. The molecule has 1 aliphatic carbocycles. The van der Waals surface area contributed by atoms with Gasteiger partial charge in [-0.3, -0.25) is 9.59 Å². The molecule has 4 rings (SSSR count). The predicted molar refractivity (Wildman–Crippen MR) is 79.7 cm³/mol. The Hall–Kier alpha value is -1.84. The zero-order chi connectivity index (χ0) is 14.4. The number of para-hydroxylation sites is 1. The van der Waals surface area contributed by atoms with Gasteiger partial charge in [-0.1, -0.05) is 18.2 Å². The van der Waals surface area contributed by atoms with Crippen molar-refractivity contribution in [3.8, 4) is 0 Å². The van der Waals surface area contributed by atoms with Crippen LogP contribution in [0.15, 0.2) is 30.3 Å². The number of likely N-dealkylation sites (tertiary alicyclic amines) is 1. The fourth-order valence-electron chi connectivity index (χ4n) is 3.60. The molecule has 0 spiro atoms. The maximum absolute atomic E-state index is 12.6. The average molecular weight is 284 g/mol. The Balaban J connectivity index is 1.43. The van der Waals surface area contributed by atoms with E-state index in [-0.39, 0.29) is 17.7 Å². The lowest BCUT2D eigenvalue weighted by Gasteiger charge is -2.22. The van der Waals surface area contributed by atoms with Crippen molar-refractivity contribution in [1.82, 2.24) is 4.90 Å². The van der Waals surface area contributed by atoms with Crippen LogP contribution in [0.1, 0.15) is 19.3 Å². The van der Waals surface area contributed by atoms with Crippen LogP contribution in [0.25, 0.3) is 0 Å². The Morgan fingerprint density at radius 2 is 1.86 bits per heavy atom. The number of carbonyl (C=O) groups is 2. The van der Waals surface area contributed by atoms with Crippen LogP contribution in [0, 0.1) is 17.8 Å². The Morgan fingerprint density at radius 1 is 1.10 bits per heavy atom. The SMILES string of the molecule is O=C(CC1CC1)N1C[C@@H]2CN(c3ccccc3)C(=O)[C@@H]2C1. The van der Waals surface area contributed by atoms with Crippen molar-refractivity contribution in [3.05, 3.63) is 30.3 Å². The van der Waals surface area contributed by atoms with Crippen LogP contribution in [0.5, 0.6) is 0 Å². The molecular formula is C17H20N2O2. The van der Waals surface area contributed by atoms with Gasteiger partial charge in [0, 0.05) is 37.7 Å². The van der Waals surface area contributed by atoms with Crippen molar-refractivity contribution in [3.63, 3.8) is 0 Å². The van der Waals surface area contributed by atoms with E-state index in [1.807, 2.05) is 40.1 Å². The fourth-order valence-corrected chi connectivity index (χ4v) is 3.60. The summed E-state index contributed by atoms with van der Waals surface area (Å²) >= 11 is 0. The number of fused-ring (bicyclic) bond motifs is 1. The van der Waals surface area contributed by atoms with Gasteiger partial charge in [0.25, 0.3) is 0 Å². The highest BCUT2D eigenvalue weighted by atomic mass is 16.2. The summed E-state index contributed by atoms with van der Waals surface area (Å²) in [7, 11) is 0. The topological polar surface area (TPSA) is 40.6 Å². The van der Waals surface area contributed by atoms with Crippen molar-refractivity contribution in [2.45, 2.75) is 19.3 Å². The fraction of sp³-hybridized carbons (Fsp3) is 0.529. The van der Waals surface area contributed by atoms with Crippen LogP contribution >= 0.6 is 0 Å². The molecule has 2 heterocycles. The van der Waals surface area contributed by atoms with Crippen LogP contribution in [-0.4, -0.2) is 36.3 Å². The molecule has 4 heteroatoms. The zero-order valence-electron chi connectivity index (χ0n) is 12.1. The number of hydrogen-bond acceptors (Lipinski definition) is 2. The van der Waals surface area contributed by atoms with E-state index >= 15 is 0 Å². The maximum atomic E-state index is 12.6. The first-order valence-corrected chi connectivity index (χ1v) is 7.86. The number of hydrogen-bond donors (Lipinski definition) is 0. The molecule has 2 amide bonds. The summed E-state index contributed by atoms with van der Waals surface area (Å²) in [5, 5.41) is 0. The molecule has 4 nitrogen and oxygen atoms in total. The second-order valence-corrected chi connectivity index (χ2v) is 6.60. The second kappa shape index (κ2) is 4.86. The summed E-state index contributed by atoms with van der Waals surface area (Å²) in [5.41, 5.74) is 0.979. The Kier molecular flexibility index (Phi) is 2.98. The molecule has 0 aromatic heterocycles. The smallest absolute Gasteiger partial charge is 0.232 e. The molecule has 2 aliphatic heterocycles. The van der Waals surface area contributed by atoms with Gasteiger partial charge >= 0.3 is 0 Å². The lowest BCUT2D eigenvalue weighted by Crippen LogP contribution is -2.35. The minimum atomic E-state index is 0.00774. The number of carbonyl (C=O) groups excluding carboxylic acids is 2. The van der Waals surface area contributed by atoms with Crippen molar-refractivity contribution in [2.75, 3.05) is 24.5 Å². The van der Waals surface area contributed by atoms with Gasteiger partial charge in [0.15, 0.2) is 0 Å². The molecule has 1 saturated carbocycles. The summed E-state index contributed by atoms with van der Waals surface area (Å²) in [6.07, 6.45) is 3.09.